The number of anilines is 1. The summed E-state index contributed by atoms with van der Waals surface area (Å²) in [5.41, 5.74) is 1.31. The van der Waals surface area contributed by atoms with E-state index >= 15 is 0 Å². The maximum Gasteiger partial charge on any atom is 0.255 e. The molecule has 0 saturated heterocycles. The van der Waals surface area contributed by atoms with Crippen molar-refractivity contribution in [1.29, 1.82) is 0 Å². The summed E-state index contributed by atoms with van der Waals surface area (Å²) in [5.74, 6) is 1.42. The quantitative estimate of drug-likeness (QED) is 0.362. The molecule has 0 aliphatic heterocycles. The third-order valence-electron chi connectivity index (χ3n) is 4.33. The monoisotopic (exact) mass is 447 g/mol. The van der Waals surface area contributed by atoms with Crippen LogP contribution in [0.3, 0.4) is 0 Å². The highest BCUT2D eigenvalue weighted by molar-refractivity contribution is 9.10. The van der Waals surface area contributed by atoms with Crippen LogP contribution in [0, 0.1) is 0 Å². The minimum absolute atomic E-state index is 0.158. The number of rotatable bonds is 12. The van der Waals surface area contributed by atoms with E-state index in [1.54, 1.807) is 12.1 Å². The summed E-state index contributed by atoms with van der Waals surface area (Å²) in [4.78, 5) is 12.5. The maximum atomic E-state index is 12.5. The molecule has 0 spiro atoms. The average molecular weight is 448 g/mol. The van der Waals surface area contributed by atoms with E-state index in [1.807, 2.05) is 30.3 Å². The van der Waals surface area contributed by atoms with Crippen molar-refractivity contribution in [2.75, 3.05) is 18.5 Å². The second kappa shape index (κ2) is 12.4. The summed E-state index contributed by atoms with van der Waals surface area (Å²) in [6.07, 6.45) is 6.83. The van der Waals surface area contributed by atoms with Gasteiger partial charge in [0, 0.05) is 11.3 Å². The lowest BCUT2D eigenvalue weighted by molar-refractivity contribution is 0.102. The van der Waals surface area contributed by atoms with Gasteiger partial charge in [-0.1, -0.05) is 39.5 Å². The van der Waals surface area contributed by atoms with E-state index < -0.39 is 0 Å². The topological polar surface area (TPSA) is 47.6 Å². The zero-order valence-electron chi connectivity index (χ0n) is 16.8. The number of nitrogens with one attached hydrogen (secondary N) is 1. The molecule has 0 unspecified atom stereocenters. The van der Waals surface area contributed by atoms with Crippen LogP contribution in [0.2, 0.25) is 0 Å². The smallest absolute Gasteiger partial charge is 0.255 e. The van der Waals surface area contributed by atoms with Crippen molar-refractivity contribution in [3.63, 3.8) is 0 Å². The zero-order chi connectivity index (χ0) is 20.2. The second-order valence-corrected chi connectivity index (χ2v) is 7.59. The first-order chi connectivity index (χ1) is 13.6. The first kappa shape index (κ1) is 22.3. The minimum atomic E-state index is -0.158. The number of amides is 1. The Hall–Kier alpha value is -2.01. The fourth-order valence-corrected chi connectivity index (χ4v) is 3.14. The first-order valence-corrected chi connectivity index (χ1v) is 10.9. The van der Waals surface area contributed by atoms with Crippen molar-refractivity contribution in [3.05, 3.63) is 52.5 Å². The van der Waals surface area contributed by atoms with Crippen LogP contribution in [0.25, 0.3) is 0 Å². The molecule has 152 valence electrons. The summed E-state index contributed by atoms with van der Waals surface area (Å²) in [6.45, 7) is 5.72. The van der Waals surface area contributed by atoms with Gasteiger partial charge in [0.15, 0.2) is 0 Å². The molecule has 0 heterocycles. The van der Waals surface area contributed by atoms with E-state index in [4.69, 9.17) is 9.47 Å². The highest BCUT2D eigenvalue weighted by atomic mass is 79.9. The number of ether oxygens (including phenoxy) is 2. The van der Waals surface area contributed by atoms with Crippen molar-refractivity contribution in [3.8, 4) is 11.5 Å². The average Bonchev–Trinajstić information content (AvgIpc) is 2.70. The Morgan fingerprint density at radius 1 is 0.893 bits per heavy atom. The van der Waals surface area contributed by atoms with Gasteiger partial charge in [0.05, 0.1) is 17.7 Å². The molecule has 0 aromatic heterocycles. The van der Waals surface area contributed by atoms with E-state index in [9.17, 15) is 4.79 Å². The highest BCUT2D eigenvalue weighted by Crippen LogP contribution is 2.27. The molecule has 28 heavy (non-hydrogen) atoms. The molecular weight excluding hydrogens is 418 g/mol. The molecule has 0 bridgehead atoms. The van der Waals surface area contributed by atoms with Crippen molar-refractivity contribution >= 4 is 27.5 Å². The van der Waals surface area contributed by atoms with Crippen LogP contribution in [0.4, 0.5) is 5.69 Å². The number of unbranched alkanes of at least 4 members (excludes halogenated alkanes) is 4. The third kappa shape index (κ3) is 7.55. The minimum Gasteiger partial charge on any atom is -0.494 e. The molecule has 2 rings (SSSR count). The Balaban J connectivity index is 1.85. The molecule has 1 N–H and O–H groups in total. The molecule has 2 aromatic rings. The summed E-state index contributed by atoms with van der Waals surface area (Å²) < 4.78 is 12.2. The highest BCUT2D eigenvalue weighted by Gasteiger charge is 2.10. The predicted molar refractivity (Wildman–Crippen MR) is 119 cm³/mol. The molecule has 0 aliphatic rings. The van der Waals surface area contributed by atoms with E-state index in [0.717, 1.165) is 47.5 Å². The zero-order valence-corrected chi connectivity index (χ0v) is 18.4. The van der Waals surface area contributed by atoms with Crippen molar-refractivity contribution in [1.82, 2.24) is 0 Å². The Labute approximate surface area is 176 Å². The summed E-state index contributed by atoms with van der Waals surface area (Å²) in [7, 11) is 0. The van der Waals surface area contributed by atoms with Gasteiger partial charge in [-0.25, -0.2) is 0 Å². The van der Waals surface area contributed by atoms with Crippen LogP contribution in [0.5, 0.6) is 11.5 Å². The van der Waals surface area contributed by atoms with Gasteiger partial charge in [-0.05, 0) is 71.2 Å². The number of hydrogen-bond donors (Lipinski definition) is 1. The van der Waals surface area contributed by atoms with E-state index in [0.29, 0.717) is 12.2 Å². The van der Waals surface area contributed by atoms with Gasteiger partial charge in [-0.15, -0.1) is 0 Å². The van der Waals surface area contributed by atoms with Gasteiger partial charge in [-0.2, -0.15) is 0 Å². The van der Waals surface area contributed by atoms with Crippen LogP contribution in [0.1, 0.15) is 62.7 Å². The third-order valence-corrected chi connectivity index (χ3v) is 4.95. The standard InChI is InChI=1S/C23H30BrNO3/c1-3-5-7-8-16-27-20-12-10-19(11-13-20)25-23(26)18-9-14-22(21(24)17-18)28-15-6-4-2/h9-14,17H,3-8,15-16H2,1-2H3,(H,25,26). The fraction of sp³-hybridized carbons (Fsp3) is 0.435. The molecule has 4 nitrogen and oxygen atoms in total. The van der Waals surface area contributed by atoms with Gasteiger partial charge in [0.25, 0.3) is 5.91 Å². The lowest BCUT2D eigenvalue weighted by Crippen LogP contribution is -2.12. The lowest BCUT2D eigenvalue weighted by atomic mass is 10.2. The Morgan fingerprint density at radius 3 is 2.29 bits per heavy atom. The normalized spacial score (nSPS) is 10.5. The molecule has 0 fully saturated rings. The van der Waals surface area contributed by atoms with Crippen molar-refractivity contribution in [2.45, 2.75) is 52.4 Å². The van der Waals surface area contributed by atoms with Gasteiger partial charge >= 0.3 is 0 Å². The lowest BCUT2D eigenvalue weighted by Gasteiger charge is -2.10. The van der Waals surface area contributed by atoms with Crippen molar-refractivity contribution in [2.24, 2.45) is 0 Å². The van der Waals surface area contributed by atoms with Crippen LogP contribution >= 0.6 is 15.9 Å². The van der Waals surface area contributed by atoms with Crippen LogP contribution in [-0.4, -0.2) is 19.1 Å². The van der Waals surface area contributed by atoms with Crippen LogP contribution in [0.15, 0.2) is 46.9 Å². The number of carbonyl (C=O) groups is 1. The largest absolute Gasteiger partial charge is 0.494 e. The molecule has 0 atom stereocenters. The fourth-order valence-electron chi connectivity index (χ4n) is 2.64. The van der Waals surface area contributed by atoms with Crippen LogP contribution in [-0.2, 0) is 0 Å². The number of hydrogen-bond acceptors (Lipinski definition) is 3. The van der Waals surface area contributed by atoms with Gasteiger partial charge in [0.1, 0.15) is 11.5 Å². The first-order valence-electron chi connectivity index (χ1n) is 10.1. The molecule has 0 saturated carbocycles. The molecule has 0 radical (unpaired) electrons. The molecule has 5 heteroatoms. The maximum absolute atomic E-state index is 12.5. The second-order valence-electron chi connectivity index (χ2n) is 6.73. The molecule has 0 aliphatic carbocycles. The van der Waals surface area contributed by atoms with E-state index in [-0.39, 0.29) is 5.91 Å². The van der Waals surface area contributed by atoms with E-state index in [1.165, 1.54) is 19.3 Å². The Bertz CT molecular complexity index is 731. The summed E-state index contributed by atoms with van der Waals surface area (Å²) in [5, 5.41) is 2.91. The van der Waals surface area contributed by atoms with Crippen LogP contribution < -0.4 is 14.8 Å². The Morgan fingerprint density at radius 2 is 1.61 bits per heavy atom. The van der Waals surface area contributed by atoms with Gasteiger partial charge in [-0.3, -0.25) is 4.79 Å². The number of benzene rings is 2. The summed E-state index contributed by atoms with van der Waals surface area (Å²) in [6, 6.07) is 12.9. The van der Waals surface area contributed by atoms with Crippen molar-refractivity contribution < 1.29 is 14.3 Å². The SMILES string of the molecule is CCCCCCOc1ccc(NC(=O)c2ccc(OCCCC)c(Br)c2)cc1. The summed E-state index contributed by atoms with van der Waals surface area (Å²) >= 11 is 3.48. The van der Waals surface area contributed by atoms with E-state index in [2.05, 4.69) is 35.1 Å². The molecule has 1 amide bonds. The predicted octanol–water partition coefficient (Wildman–Crippen LogP) is 6.84. The molecule has 2 aromatic carbocycles. The molecular formula is C23H30BrNO3. The van der Waals surface area contributed by atoms with Gasteiger partial charge in [0.2, 0.25) is 0 Å². The van der Waals surface area contributed by atoms with Gasteiger partial charge < -0.3 is 14.8 Å². The number of halogens is 1. The Kier molecular flexibility index (Phi) is 9.91. The number of carbonyl (C=O) groups excluding carboxylic acids is 1.